The lowest BCUT2D eigenvalue weighted by Gasteiger charge is -2.22. The molecule has 1 atom stereocenters. The van der Waals surface area contributed by atoms with Crippen LogP contribution in [0.25, 0.3) is 0 Å². The Labute approximate surface area is 125 Å². The predicted octanol–water partition coefficient (Wildman–Crippen LogP) is 1.60. The van der Waals surface area contributed by atoms with Crippen LogP contribution in [0.1, 0.15) is 19.8 Å². The molecule has 0 aromatic heterocycles. The predicted molar refractivity (Wildman–Crippen MR) is 78.4 cm³/mol. The summed E-state index contributed by atoms with van der Waals surface area (Å²) in [6, 6.07) is 3.86. The van der Waals surface area contributed by atoms with Crippen LogP contribution in [0.2, 0.25) is 0 Å². The molecule has 7 heteroatoms. The number of rotatable bonds is 6. The summed E-state index contributed by atoms with van der Waals surface area (Å²) in [6.45, 7) is 4.32. The second-order valence-electron chi connectivity index (χ2n) is 5.07. The molecule has 5 nitrogen and oxygen atoms in total. The van der Waals surface area contributed by atoms with Crippen molar-refractivity contribution in [3.8, 4) is 5.75 Å². The molecular weight excluding hydrogens is 295 g/mol. The molecule has 0 aliphatic carbocycles. The van der Waals surface area contributed by atoms with Crippen LogP contribution in [0.3, 0.4) is 0 Å². The van der Waals surface area contributed by atoms with Crippen molar-refractivity contribution in [1.29, 1.82) is 0 Å². The molecule has 0 saturated carbocycles. The Balaban J connectivity index is 2.06. The first-order chi connectivity index (χ1) is 9.97. The third-order valence-corrected chi connectivity index (χ3v) is 5.27. The average molecular weight is 316 g/mol. The maximum absolute atomic E-state index is 13.6. The highest BCUT2D eigenvalue weighted by Gasteiger charge is 2.25. The van der Waals surface area contributed by atoms with Crippen molar-refractivity contribution in [1.82, 2.24) is 9.62 Å². The molecule has 1 fully saturated rings. The van der Waals surface area contributed by atoms with Crippen molar-refractivity contribution in [2.45, 2.75) is 30.7 Å². The van der Waals surface area contributed by atoms with E-state index in [0.29, 0.717) is 6.54 Å². The maximum Gasteiger partial charge on any atom is 0.240 e. The quantitative estimate of drug-likeness (QED) is 0.866. The third kappa shape index (κ3) is 3.72. The number of sulfonamides is 1. The Morgan fingerprint density at radius 2 is 2.24 bits per heavy atom. The molecule has 0 amide bonds. The zero-order chi connectivity index (χ0) is 15.5. The fourth-order valence-corrected chi connectivity index (χ4v) is 3.73. The Bertz CT molecular complexity index is 592. The Kier molecular flexibility index (Phi) is 5.18. The SMILES string of the molecule is CCN1CCC[C@@H]1CNS(=O)(=O)c1ccc(OC)c(F)c1. The molecule has 1 N–H and O–H groups in total. The second kappa shape index (κ2) is 6.72. The second-order valence-corrected chi connectivity index (χ2v) is 6.84. The summed E-state index contributed by atoms with van der Waals surface area (Å²) >= 11 is 0. The van der Waals surface area contributed by atoms with Gasteiger partial charge in [-0.25, -0.2) is 17.5 Å². The Morgan fingerprint density at radius 1 is 1.48 bits per heavy atom. The van der Waals surface area contributed by atoms with Gasteiger partial charge in [0.15, 0.2) is 11.6 Å². The lowest BCUT2D eigenvalue weighted by molar-refractivity contribution is 0.268. The van der Waals surface area contributed by atoms with E-state index in [1.165, 1.54) is 19.2 Å². The van der Waals surface area contributed by atoms with Gasteiger partial charge in [-0.1, -0.05) is 6.92 Å². The Hall–Kier alpha value is -1.18. The summed E-state index contributed by atoms with van der Waals surface area (Å²) in [6.07, 6.45) is 2.06. The minimum Gasteiger partial charge on any atom is -0.494 e. The highest BCUT2D eigenvalue weighted by molar-refractivity contribution is 7.89. The van der Waals surface area contributed by atoms with Crippen LogP contribution in [0.15, 0.2) is 23.1 Å². The van der Waals surface area contributed by atoms with Gasteiger partial charge in [-0.2, -0.15) is 0 Å². The van der Waals surface area contributed by atoms with Gasteiger partial charge in [0, 0.05) is 12.6 Å². The van der Waals surface area contributed by atoms with Crippen LogP contribution in [0.5, 0.6) is 5.75 Å². The van der Waals surface area contributed by atoms with Crippen molar-refractivity contribution in [3.63, 3.8) is 0 Å². The van der Waals surface area contributed by atoms with Gasteiger partial charge in [0.05, 0.1) is 12.0 Å². The minimum absolute atomic E-state index is 0.0295. The molecule has 1 aliphatic heterocycles. The Morgan fingerprint density at radius 3 is 2.86 bits per heavy atom. The summed E-state index contributed by atoms with van der Waals surface area (Å²) in [4.78, 5) is 2.17. The zero-order valence-electron chi connectivity index (χ0n) is 12.3. The van der Waals surface area contributed by atoms with Crippen LogP contribution in [-0.2, 0) is 10.0 Å². The van der Waals surface area contributed by atoms with Crippen LogP contribution in [-0.4, -0.2) is 46.1 Å². The van der Waals surface area contributed by atoms with Gasteiger partial charge in [0.25, 0.3) is 0 Å². The topological polar surface area (TPSA) is 58.6 Å². The molecule has 1 heterocycles. The average Bonchev–Trinajstić information content (AvgIpc) is 2.92. The van der Waals surface area contributed by atoms with Crippen molar-refractivity contribution >= 4 is 10.0 Å². The first kappa shape index (κ1) is 16.2. The fraction of sp³-hybridized carbons (Fsp3) is 0.571. The number of methoxy groups -OCH3 is 1. The van der Waals surface area contributed by atoms with E-state index in [9.17, 15) is 12.8 Å². The van der Waals surface area contributed by atoms with Crippen LogP contribution in [0.4, 0.5) is 4.39 Å². The number of hydrogen-bond acceptors (Lipinski definition) is 4. The normalized spacial score (nSPS) is 19.9. The molecule has 0 unspecified atom stereocenters. The number of nitrogens with one attached hydrogen (secondary N) is 1. The third-order valence-electron chi connectivity index (χ3n) is 3.85. The smallest absolute Gasteiger partial charge is 0.240 e. The van der Waals surface area contributed by atoms with E-state index in [1.807, 2.05) is 0 Å². The zero-order valence-corrected chi connectivity index (χ0v) is 13.1. The summed E-state index contributed by atoms with van der Waals surface area (Å²) in [7, 11) is -2.36. The number of likely N-dealkylation sites (N-methyl/N-ethyl adjacent to an activating group) is 1. The summed E-state index contributed by atoms with van der Waals surface area (Å²) in [5.41, 5.74) is 0. The molecule has 2 rings (SSSR count). The van der Waals surface area contributed by atoms with Crippen LogP contribution in [0, 0.1) is 5.82 Å². The monoisotopic (exact) mass is 316 g/mol. The van der Waals surface area contributed by atoms with Gasteiger partial charge in [-0.05, 0) is 44.1 Å². The van der Waals surface area contributed by atoms with E-state index >= 15 is 0 Å². The highest BCUT2D eigenvalue weighted by Crippen LogP contribution is 2.21. The van der Waals surface area contributed by atoms with Crippen LogP contribution < -0.4 is 9.46 Å². The van der Waals surface area contributed by atoms with Crippen molar-refractivity contribution in [2.75, 3.05) is 26.7 Å². The number of benzene rings is 1. The van der Waals surface area contributed by atoms with E-state index in [0.717, 1.165) is 32.0 Å². The molecule has 1 saturated heterocycles. The summed E-state index contributed by atoms with van der Waals surface area (Å²) in [5, 5.41) is 0. The van der Waals surface area contributed by atoms with Crippen molar-refractivity contribution < 1.29 is 17.5 Å². The first-order valence-corrected chi connectivity index (χ1v) is 8.53. The van der Waals surface area contributed by atoms with Gasteiger partial charge < -0.3 is 4.74 Å². The van der Waals surface area contributed by atoms with Gasteiger partial charge >= 0.3 is 0 Å². The molecular formula is C14H21FN2O3S. The molecule has 1 aromatic rings. The minimum atomic E-state index is -3.70. The van der Waals surface area contributed by atoms with E-state index in [2.05, 4.69) is 16.5 Å². The molecule has 1 aromatic carbocycles. The number of halogens is 1. The first-order valence-electron chi connectivity index (χ1n) is 7.05. The lowest BCUT2D eigenvalue weighted by atomic mass is 10.2. The van der Waals surface area contributed by atoms with Gasteiger partial charge in [-0.15, -0.1) is 0 Å². The molecule has 21 heavy (non-hydrogen) atoms. The van der Waals surface area contributed by atoms with Crippen molar-refractivity contribution in [3.05, 3.63) is 24.0 Å². The fourth-order valence-electron chi connectivity index (χ4n) is 2.65. The number of ether oxygens (including phenoxy) is 1. The van der Waals surface area contributed by atoms with E-state index < -0.39 is 15.8 Å². The summed E-state index contributed by atoms with van der Waals surface area (Å²) in [5.74, 6) is -0.654. The largest absolute Gasteiger partial charge is 0.494 e. The number of hydrogen-bond donors (Lipinski definition) is 1. The van der Waals surface area contributed by atoms with E-state index in [-0.39, 0.29) is 16.7 Å². The number of nitrogens with zero attached hydrogens (tertiary/aromatic N) is 1. The van der Waals surface area contributed by atoms with Gasteiger partial charge in [0.2, 0.25) is 10.0 Å². The van der Waals surface area contributed by atoms with E-state index in [4.69, 9.17) is 4.74 Å². The number of likely N-dealkylation sites (tertiary alicyclic amines) is 1. The standard InChI is InChI=1S/C14H21FN2O3S/c1-3-17-8-4-5-11(17)10-16-21(18,19)12-6-7-14(20-2)13(15)9-12/h6-7,9,11,16H,3-5,8,10H2,1-2H3/t11-/m1/s1. The van der Waals surface area contributed by atoms with Crippen LogP contribution >= 0.6 is 0 Å². The molecule has 1 aliphatic rings. The summed E-state index contributed by atoms with van der Waals surface area (Å²) < 4.78 is 45.4. The van der Waals surface area contributed by atoms with Gasteiger partial charge in [-0.3, -0.25) is 4.90 Å². The lowest BCUT2D eigenvalue weighted by Crippen LogP contribution is -2.40. The van der Waals surface area contributed by atoms with Gasteiger partial charge in [0.1, 0.15) is 0 Å². The highest BCUT2D eigenvalue weighted by atomic mass is 32.2. The molecule has 118 valence electrons. The molecule has 0 bridgehead atoms. The molecule has 0 radical (unpaired) electrons. The maximum atomic E-state index is 13.6. The van der Waals surface area contributed by atoms with Crippen molar-refractivity contribution in [2.24, 2.45) is 0 Å². The van der Waals surface area contributed by atoms with E-state index in [1.54, 1.807) is 0 Å². The molecule has 0 spiro atoms.